The number of aromatic hydroxyl groups is 1. The van der Waals surface area contributed by atoms with E-state index in [-0.39, 0.29) is 11.3 Å². The van der Waals surface area contributed by atoms with E-state index >= 15 is 0 Å². The highest BCUT2D eigenvalue weighted by Crippen LogP contribution is 2.26. The summed E-state index contributed by atoms with van der Waals surface area (Å²) in [6, 6.07) is 10.7. The zero-order valence-corrected chi connectivity index (χ0v) is 12.4. The molecule has 0 saturated heterocycles. The lowest BCUT2D eigenvalue weighted by Crippen LogP contribution is -2.31. The molecule has 0 unspecified atom stereocenters. The first-order chi connectivity index (χ1) is 9.54. The third-order valence-corrected chi connectivity index (χ3v) is 3.54. The standard InChI is InChI=1S/C15H13BrFNO2/c1-2-18(10-5-3-6-11(19)9-10)15(20)14-12(16)7-4-8-13(14)17/h3-9,19H,2H2,1H3. The average molecular weight is 338 g/mol. The molecule has 0 fully saturated rings. The summed E-state index contributed by atoms with van der Waals surface area (Å²) in [7, 11) is 0. The van der Waals surface area contributed by atoms with Crippen molar-refractivity contribution < 1.29 is 14.3 Å². The first-order valence-electron chi connectivity index (χ1n) is 6.09. The fourth-order valence-electron chi connectivity index (χ4n) is 1.94. The van der Waals surface area contributed by atoms with E-state index in [4.69, 9.17) is 0 Å². The van der Waals surface area contributed by atoms with Crippen LogP contribution in [-0.4, -0.2) is 17.6 Å². The maximum Gasteiger partial charge on any atom is 0.262 e. The first kappa shape index (κ1) is 14.5. The van der Waals surface area contributed by atoms with Gasteiger partial charge in [0.1, 0.15) is 11.6 Å². The number of phenolic OH excluding ortho intramolecular Hbond substituents is 1. The maximum atomic E-state index is 13.9. The smallest absolute Gasteiger partial charge is 0.262 e. The lowest BCUT2D eigenvalue weighted by atomic mass is 10.1. The summed E-state index contributed by atoms with van der Waals surface area (Å²) < 4.78 is 14.3. The fourth-order valence-corrected chi connectivity index (χ4v) is 2.45. The van der Waals surface area contributed by atoms with E-state index in [9.17, 15) is 14.3 Å². The van der Waals surface area contributed by atoms with Crippen LogP contribution in [0.5, 0.6) is 5.75 Å². The van der Waals surface area contributed by atoms with E-state index in [0.717, 1.165) is 0 Å². The van der Waals surface area contributed by atoms with Gasteiger partial charge in [-0.15, -0.1) is 0 Å². The molecule has 0 aliphatic rings. The molecular formula is C15H13BrFNO2. The van der Waals surface area contributed by atoms with Crippen LogP contribution in [0.2, 0.25) is 0 Å². The van der Waals surface area contributed by atoms with E-state index < -0.39 is 11.7 Å². The monoisotopic (exact) mass is 337 g/mol. The number of anilines is 1. The molecule has 1 amide bonds. The summed E-state index contributed by atoms with van der Waals surface area (Å²) in [5.74, 6) is -0.979. The zero-order valence-electron chi connectivity index (χ0n) is 10.8. The second kappa shape index (κ2) is 6.05. The predicted octanol–water partition coefficient (Wildman–Crippen LogP) is 3.96. The Morgan fingerprint density at radius 3 is 2.60 bits per heavy atom. The van der Waals surface area contributed by atoms with Crippen molar-refractivity contribution in [3.63, 3.8) is 0 Å². The molecule has 0 spiro atoms. The van der Waals surface area contributed by atoms with E-state index in [2.05, 4.69) is 15.9 Å². The molecule has 0 aromatic heterocycles. The van der Waals surface area contributed by atoms with Gasteiger partial charge in [-0.1, -0.05) is 12.1 Å². The van der Waals surface area contributed by atoms with Crippen molar-refractivity contribution in [3.8, 4) is 5.75 Å². The van der Waals surface area contributed by atoms with Gasteiger partial charge in [0.15, 0.2) is 0 Å². The largest absolute Gasteiger partial charge is 0.508 e. The zero-order chi connectivity index (χ0) is 14.7. The van der Waals surface area contributed by atoms with Crippen LogP contribution in [0.15, 0.2) is 46.9 Å². The number of hydrogen-bond acceptors (Lipinski definition) is 2. The summed E-state index contributed by atoms with van der Waals surface area (Å²) >= 11 is 3.20. The molecule has 0 radical (unpaired) electrons. The van der Waals surface area contributed by atoms with Gasteiger partial charge in [0, 0.05) is 22.8 Å². The van der Waals surface area contributed by atoms with Gasteiger partial charge < -0.3 is 10.0 Å². The molecule has 2 aromatic rings. The normalized spacial score (nSPS) is 10.3. The Kier molecular flexibility index (Phi) is 4.39. The van der Waals surface area contributed by atoms with Gasteiger partial charge in [-0.3, -0.25) is 4.79 Å². The summed E-state index contributed by atoms with van der Waals surface area (Å²) in [4.78, 5) is 13.9. The number of halogens is 2. The number of nitrogens with zero attached hydrogens (tertiary/aromatic N) is 1. The van der Waals surface area contributed by atoms with Crippen molar-refractivity contribution in [2.45, 2.75) is 6.92 Å². The molecule has 0 saturated carbocycles. The van der Waals surface area contributed by atoms with Crippen molar-refractivity contribution in [1.29, 1.82) is 0 Å². The molecule has 2 rings (SSSR count). The van der Waals surface area contributed by atoms with Crippen LogP contribution in [0.1, 0.15) is 17.3 Å². The van der Waals surface area contributed by atoms with Crippen LogP contribution < -0.4 is 4.90 Å². The van der Waals surface area contributed by atoms with Crippen molar-refractivity contribution in [2.75, 3.05) is 11.4 Å². The van der Waals surface area contributed by atoms with E-state index in [1.807, 2.05) is 0 Å². The van der Waals surface area contributed by atoms with Gasteiger partial charge in [-0.25, -0.2) is 4.39 Å². The quantitative estimate of drug-likeness (QED) is 0.920. The number of hydrogen-bond donors (Lipinski definition) is 1. The second-order valence-corrected chi connectivity index (χ2v) is 5.02. The van der Waals surface area contributed by atoms with Crippen molar-refractivity contribution >= 4 is 27.5 Å². The van der Waals surface area contributed by atoms with Gasteiger partial charge in [-0.2, -0.15) is 0 Å². The molecule has 5 heteroatoms. The maximum absolute atomic E-state index is 13.9. The van der Waals surface area contributed by atoms with Gasteiger partial charge >= 0.3 is 0 Å². The van der Waals surface area contributed by atoms with Gasteiger partial charge in [-0.05, 0) is 47.1 Å². The van der Waals surface area contributed by atoms with Crippen LogP contribution in [0, 0.1) is 5.82 Å². The molecule has 3 nitrogen and oxygen atoms in total. The van der Waals surface area contributed by atoms with Gasteiger partial charge in [0.05, 0.1) is 5.56 Å². The number of carbonyl (C=O) groups excluding carboxylic acids is 1. The molecule has 2 aromatic carbocycles. The molecule has 20 heavy (non-hydrogen) atoms. The summed E-state index contributed by atoms with van der Waals surface area (Å²) in [5.41, 5.74) is 0.505. The minimum absolute atomic E-state index is 0.0160. The molecule has 0 bridgehead atoms. The molecule has 0 heterocycles. The van der Waals surface area contributed by atoms with Crippen LogP contribution in [0.25, 0.3) is 0 Å². The summed E-state index contributed by atoms with van der Waals surface area (Å²) in [6.45, 7) is 2.15. The number of amides is 1. The minimum atomic E-state index is -0.581. The third-order valence-electron chi connectivity index (χ3n) is 2.88. The third kappa shape index (κ3) is 2.82. The Morgan fingerprint density at radius 1 is 1.30 bits per heavy atom. The highest BCUT2D eigenvalue weighted by Gasteiger charge is 2.22. The summed E-state index contributed by atoms with van der Waals surface area (Å²) in [5, 5.41) is 9.50. The van der Waals surface area contributed by atoms with E-state index in [1.54, 1.807) is 25.1 Å². The van der Waals surface area contributed by atoms with Crippen molar-refractivity contribution in [1.82, 2.24) is 0 Å². The number of carbonyl (C=O) groups is 1. The lowest BCUT2D eigenvalue weighted by Gasteiger charge is -2.22. The second-order valence-electron chi connectivity index (χ2n) is 4.17. The topological polar surface area (TPSA) is 40.5 Å². The highest BCUT2D eigenvalue weighted by molar-refractivity contribution is 9.10. The molecule has 0 aliphatic carbocycles. The number of phenols is 1. The van der Waals surface area contributed by atoms with Crippen molar-refractivity contribution in [3.05, 3.63) is 58.3 Å². The number of benzene rings is 2. The van der Waals surface area contributed by atoms with E-state index in [0.29, 0.717) is 16.7 Å². The fraction of sp³-hybridized carbons (Fsp3) is 0.133. The molecular weight excluding hydrogens is 325 g/mol. The first-order valence-corrected chi connectivity index (χ1v) is 6.88. The molecule has 0 atom stereocenters. The van der Waals surface area contributed by atoms with E-state index in [1.165, 1.54) is 29.2 Å². The van der Waals surface area contributed by atoms with Gasteiger partial charge in [0.2, 0.25) is 0 Å². The van der Waals surface area contributed by atoms with Crippen LogP contribution in [0.4, 0.5) is 10.1 Å². The molecule has 104 valence electrons. The Hall–Kier alpha value is -1.88. The Labute approximate surface area is 124 Å². The summed E-state index contributed by atoms with van der Waals surface area (Å²) in [6.07, 6.45) is 0. The number of rotatable bonds is 3. The highest BCUT2D eigenvalue weighted by atomic mass is 79.9. The molecule has 0 aliphatic heterocycles. The minimum Gasteiger partial charge on any atom is -0.508 e. The Morgan fingerprint density at radius 2 is 2.00 bits per heavy atom. The van der Waals surface area contributed by atoms with Crippen molar-refractivity contribution in [2.24, 2.45) is 0 Å². The molecule has 1 N–H and O–H groups in total. The average Bonchev–Trinajstić information content (AvgIpc) is 2.39. The lowest BCUT2D eigenvalue weighted by molar-refractivity contribution is 0.0983. The van der Waals surface area contributed by atoms with Crippen LogP contribution in [-0.2, 0) is 0 Å². The Bertz CT molecular complexity index is 625. The SMILES string of the molecule is CCN(C(=O)c1c(F)cccc1Br)c1cccc(O)c1. The van der Waals surface area contributed by atoms with Crippen LogP contribution in [0.3, 0.4) is 0 Å². The predicted molar refractivity (Wildman–Crippen MR) is 79.6 cm³/mol. The van der Waals surface area contributed by atoms with Crippen LogP contribution >= 0.6 is 15.9 Å². The van der Waals surface area contributed by atoms with Gasteiger partial charge in [0.25, 0.3) is 5.91 Å². The Balaban J connectivity index is 2.45.